The summed E-state index contributed by atoms with van der Waals surface area (Å²) in [7, 11) is 1.41. The maximum absolute atomic E-state index is 11.4. The van der Waals surface area contributed by atoms with E-state index in [-0.39, 0.29) is 5.56 Å². The molecule has 0 aliphatic rings. The molecule has 0 saturated heterocycles. The van der Waals surface area contributed by atoms with Crippen molar-refractivity contribution in [2.45, 2.75) is 0 Å². The molecule has 1 rings (SSSR count). The summed E-state index contributed by atoms with van der Waals surface area (Å²) in [4.78, 5) is 22.6. The molecule has 0 N–H and O–H groups in total. The van der Waals surface area contributed by atoms with Crippen LogP contribution in [0.5, 0.6) is 0 Å². The molecular weight excluding hydrogens is 168 g/mol. The summed E-state index contributed by atoms with van der Waals surface area (Å²) in [5.41, 5.74) is -0.321. The lowest BCUT2D eigenvalue weighted by Gasteiger charge is -2.04. The second kappa shape index (κ2) is 3.26. The minimum atomic E-state index is -0.419. The molecule has 13 heavy (non-hydrogen) atoms. The van der Waals surface area contributed by atoms with Crippen LogP contribution in [0.4, 0.5) is 0 Å². The Bertz CT molecular complexity index is 465. The largest absolute Gasteiger partial charge is 0.335 e. The molecule has 1 aromatic rings. The Hall–Kier alpha value is -1.84. The minimum Gasteiger partial charge on any atom is -0.270 e. The first kappa shape index (κ1) is 9.25. The van der Waals surface area contributed by atoms with Gasteiger partial charge in [-0.3, -0.25) is 13.9 Å². The molecule has 0 amide bonds. The Kier molecular flexibility index (Phi) is 2.32. The maximum Gasteiger partial charge on any atom is 0.335 e. The summed E-state index contributed by atoms with van der Waals surface area (Å²) in [5.74, 6) is 0. The van der Waals surface area contributed by atoms with E-state index in [2.05, 4.69) is 13.2 Å². The van der Waals surface area contributed by atoms with Crippen LogP contribution in [0.1, 0.15) is 5.69 Å². The van der Waals surface area contributed by atoms with E-state index in [0.717, 1.165) is 4.57 Å². The first-order valence-electron chi connectivity index (χ1n) is 3.69. The van der Waals surface area contributed by atoms with E-state index < -0.39 is 5.69 Å². The smallest absolute Gasteiger partial charge is 0.270 e. The predicted molar refractivity (Wildman–Crippen MR) is 52.4 cm³/mol. The first-order valence-corrected chi connectivity index (χ1v) is 3.69. The van der Waals surface area contributed by atoms with Gasteiger partial charge in [-0.2, -0.15) is 0 Å². The third-order valence-corrected chi connectivity index (χ3v) is 1.76. The topological polar surface area (TPSA) is 44.0 Å². The van der Waals surface area contributed by atoms with Gasteiger partial charge in [-0.1, -0.05) is 13.2 Å². The van der Waals surface area contributed by atoms with Gasteiger partial charge in [0.1, 0.15) is 0 Å². The molecule has 68 valence electrons. The third-order valence-electron chi connectivity index (χ3n) is 1.76. The van der Waals surface area contributed by atoms with E-state index in [1.807, 2.05) is 0 Å². The summed E-state index contributed by atoms with van der Waals surface area (Å²) >= 11 is 0. The van der Waals surface area contributed by atoms with Crippen LogP contribution >= 0.6 is 0 Å². The van der Waals surface area contributed by atoms with Gasteiger partial charge in [-0.25, -0.2) is 4.79 Å². The van der Waals surface area contributed by atoms with Crippen molar-refractivity contribution in [3.05, 3.63) is 45.8 Å². The Balaban J connectivity index is 3.78. The van der Waals surface area contributed by atoms with Crippen LogP contribution in [0.25, 0.3) is 12.3 Å². The zero-order valence-electron chi connectivity index (χ0n) is 7.36. The summed E-state index contributed by atoms with van der Waals surface area (Å²) in [6.45, 7) is 6.97. The highest BCUT2D eigenvalue weighted by molar-refractivity contribution is 5.45. The van der Waals surface area contributed by atoms with E-state index in [9.17, 15) is 9.59 Å². The molecule has 0 aliphatic carbocycles. The molecule has 1 aromatic heterocycles. The molecule has 0 aromatic carbocycles. The van der Waals surface area contributed by atoms with Gasteiger partial charge >= 0.3 is 5.69 Å². The lowest BCUT2D eigenvalue weighted by molar-refractivity contribution is 0.739. The second-order valence-corrected chi connectivity index (χ2v) is 2.51. The number of nitrogens with zero attached hydrogens (tertiary/aromatic N) is 2. The van der Waals surface area contributed by atoms with Crippen molar-refractivity contribution in [3.8, 4) is 0 Å². The average Bonchev–Trinajstić information content (AvgIpc) is 2.13. The second-order valence-electron chi connectivity index (χ2n) is 2.51. The van der Waals surface area contributed by atoms with Crippen LogP contribution in [0, 0.1) is 0 Å². The van der Waals surface area contributed by atoms with Crippen molar-refractivity contribution < 1.29 is 0 Å². The molecule has 0 radical (unpaired) electrons. The van der Waals surface area contributed by atoms with Crippen molar-refractivity contribution in [1.29, 1.82) is 0 Å². The van der Waals surface area contributed by atoms with Gasteiger partial charge in [-0.15, -0.1) is 0 Å². The van der Waals surface area contributed by atoms with E-state index in [1.165, 1.54) is 30.0 Å². The highest BCUT2D eigenvalue weighted by Crippen LogP contribution is 1.93. The molecule has 0 aliphatic heterocycles. The normalized spacial score (nSPS) is 9.62. The standard InChI is InChI=1S/C9H10N2O2/c1-4-7-6-8(12)10(3)9(13)11(7)5-2/h4-6H,1-2H2,3H3. The zero-order chi connectivity index (χ0) is 10.0. The number of rotatable bonds is 2. The van der Waals surface area contributed by atoms with Crippen LogP contribution in [0.3, 0.4) is 0 Å². The van der Waals surface area contributed by atoms with Crippen molar-refractivity contribution in [3.63, 3.8) is 0 Å². The highest BCUT2D eigenvalue weighted by Gasteiger charge is 2.02. The summed E-state index contributed by atoms with van der Waals surface area (Å²) in [6.07, 6.45) is 2.78. The Morgan fingerprint density at radius 1 is 1.38 bits per heavy atom. The quantitative estimate of drug-likeness (QED) is 0.653. The van der Waals surface area contributed by atoms with Crippen LogP contribution in [0.2, 0.25) is 0 Å². The molecule has 0 atom stereocenters. The van der Waals surface area contributed by atoms with Crippen LogP contribution in [0.15, 0.2) is 28.8 Å². The number of aromatic nitrogens is 2. The predicted octanol–water partition coefficient (Wildman–Crippen LogP) is 0.291. The molecule has 0 bridgehead atoms. The molecule has 4 nitrogen and oxygen atoms in total. The zero-order valence-corrected chi connectivity index (χ0v) is 7.36. The molecule has 1 heterocycles. The van der Waals surface area contributed by atoms with E-state index >= 15 is 0 Å². The average molecular weight is 178 g/mol. The summed E-state index contributed by atoms with van der Waals surface area (Å²) < 4.78 is 2.27. The van der Waals surface area contributed by atoms with Gasteiger partial charge in [0.05, 0.1) is 5.69 Å². The molecule has 0 fully saturated rings. The molecule has 0 saturated carbocycles. The molecular formula is C9H10N2O2. The van der Waals surface area contributed by atoms with Gasteiger partial charge in [0.25, 0.3) is 5.56 Å². The Morgan fingerprint density at radius 3 is 2.46 bits per heavy atom. The van der Waals surface area contributed by atoms with Crippen molar-refractivity contribution in [1.82, 2.24) is 9.13 Å². The molecule has 0 unspecified atom stereocenters. The third kappa shape index (κ3) is 1.38. The monoisotopic (exact) mass is 178 g/mol. The fourth-order valence-corrected chi connectivity index (χ4v) is 1.000. The van der Waals surface area contributed by atoms with E-state index in [0.29, 0.717) is 5.69 Å². The molecule has 0 spiro atoms. The van der Waals surface area contributed by atoms with E-state index in [1.54, 1.807) is 0 Å². The van der Waals surface area contributed by atoms with E-state index in [4.69, 9.17) is 0 Å². The van der Waals surface area contributed by atoms with Crippen molar-refractivity contribution >= 4 is 12.3 Å². The lowest BCUT2D eigenvalue weighted by atomic mass is 10.4. The van der Waals surface area contributed by atoms with Crippen LogP contribution in [-0.4, -0.2) is 9.13 Å². The maximum atomic E-state index is 11.4. The van der Waals surface area contributed by atoms with Gasteiger partial charge < -0.3 is 0 Å². The fourth-order valence-electron chi connectivity index (χ4n) is 1.000. The Labute approximate surface area is 75.1 Å². The Morgan fingerprint density at radius 2 is 2.00 bits per heavy atom. The fraction of sp³-hybridized carbons (Fsp3) is 0.111. The van der Waals surface area contributed by atoms with Gasteiger partial charge in [-0.05, 0) is 6.08 Å². The summed E-state index contributed by atoms with van der Waals surface area (Å²) in [6, 6.07) is 1.33. The summed E-state index contributed by atoms with van der Waals surface area (Å²) in [5, 5.41) is 0. The van der Waals surface area contributed by atoms with Gasteiger partial charge in [0, 0.05) is 19.3 Å². The van der Waals surface area contributed by atoms with Crippen molar-refractivity contribution in [2.24, 2.45) is 7.05 Å². The SMILES string of the molecule is C=Cc1cc(=O)n(C)c(=O)n1C=C. The van der Waals surface area contributed by atoms with Crippen LogP contribution in [-0.2, 0) is 7.05 Å². The number of hydrogen-bond donors (Lipinski definition) is 0. The van der Waals surface area contributed by atoms with Gasteiger partial charge in [0.15, 0.2) is 0 Å². The molecule has 4 heteroatoms. The highest BCUT2D eigenvalue weighted by atomic mass is 16.2. The first-order chi connectivity index (χ1) is 6.11. The van der Waals surface area contributed by atoms with Crippen molar-refractivity contribution in [2.75, 3.05) is 0 Å². The minimum absolute atomic E-state index is 0.349. The van der Waals surface area contributed by atoms with Gasteiger partial charge in [0.2, 0.25) is 0 Å². The lowest BCUT2D eigenvalue weighted by Crippen LogP contribution is -2.36. The number of hydrogen-bond acceptors (Lipinski definition) is 2. The van der Waals surface area contributed by atoms with Crippen LogP contribution < -0.4 is 11.2 Å².